The van der Waals surface area contributed by atoms with Crippen molar-refractivity contribution in [2.75, 3.05) is 11.6 Å². The van der Waals surface area contributed by atoms with E-state index in [9.17, 15) is 22.4 Å². The number of H-pyrrole nitrogens is 1. The second-order valence-corrected chi connectivity index (χ2v) is 11.5. The SMILES string of the molecule is CS(=O)(=O)O.Cc1c(C(=O)Nc2ccc(Oc3cc4cn[nH]c4cc3-c3cccnc3)c(F)c2)c(=O)n(-c2ccc(F)cc2)n1C. The van der Waals surface area contributed by atoms with Crippen LogP contribution in [0.1, 0.15) is 16.1 Å². The fourth-order valence-electron chi connectivity index (χ4n) is 4.62. The summed E-state index contributed by atoms with van der Waals surface area (Å²) in [6.07, 6.45) is 5.68. The lowest BCUT2D eigenvalue weighted by Crippen LogP contribution is -2.25. The van der Waals surface area contributed by atoms with Gasteiger partial charge in [-0.2, -0.15) is 13.5 Å². The van der Waals surface area contributed by atoms with Crippen LogP contribution in [0.2, 0.25) is 0 Å². The predicted octanol–water partition coefficient (Wildman–Crippen LogP) is 5.25. The van der Waals surface area contributed by atoms with Crippen LogP contribution in [-0.4, -0.2) is 49.7 Å². The second-order valence-electron chi connectivity index (χ2n) is 10.1. The monoisotopic (exact) mass is 648 g/mol. The molecule has 0 aliphatic carbocycles. The van der Waals surface area contributed by atoms with E-state index < -0.39 is 33.2 Å². The van der Waals surface area contributed by atoms with Crippen molar-refractivity contribution >= 4 is 32.6 Å². The van der Waals surface area contributed by atoms with Crippen molar-refractivity contribution in [1.29, 1.82) is 0 Å². The normalized spacial score (nSPS) is 11.2. The number of pyridine rings is 1. The fourth-order valence-corrected chi connectivity index (χ4v) is 4.62. The second kappa shape index (κ2) is 12.7. The number of nitrogens with one attached hydrogen (secondary N) is 2. The van der Waals surface area contributed by atoms with Crippen LogP contribution < -0.4 is 15.6 Å². The van der Waals surface area contributed by atoms with Gasteiger partial charge in [0.15, 0.2) is 11.6 Å². The van der Waals surface area contributed by atoms with Crippen molar-refractivity contribution in [1.82, 2.24) is 24.5 Å². The molecule has 0 spiro atoms. The molecule has 3 aromatic carbocycles. The van der Waals surface area contributed by atoms with Gasteiger partial charge in [0.1, 0.15) is 17.1 Å². The molecule has 0 unspecified atom stereocenters. The van der Waals surface area contributed by atoms with Crippen LogP contribution in [0.25, 0.3) is 27.7 Å². The van der Waals surface area contributed by atoms with Crippen molar-refractivity contribution in [2.24, 2.45) is 7.05 Å². The lowest BCUT2D eigenvalue weighted by atomic mass is 10.0. The highest BCUT2D eigenvalue weighted by Gasteiger charge is 2.23. The van der Waals surface area contributed by atoms with E-state index in [1.54, 1.807) is 44.7 Å². The van der Waals surface area contributed by atoms with Crippen molar-refractivity contribution in [2.45, 2.75) is 6.92 Å². The lowest BCUT2D eigenvalue weighted by Gasteiger charge is -2.13. The quantitative estimate of drug-likeness (QED) is 0.207. The number of anilines is 1. The predicted molar refractivity (Wildman–Crippen MR) is 167 cm³/mol. The Labute approximate surface area is 260 Å². The van der Waals surface area contributed by atoms with Gasteiger partial charge < -0.3 is 10.1 Å². The van der Waals surface area contributed by atoms with Gasteiger partial charge in [-0.05, 0) is 61.5 Å². The number of rotatable bonds is 6. The number of amides is 1. The van der Waals surface area contributed by atoms with Gasteiger partial charge in [-0.1, -0.05) is 6.07 Å². The molecular formula is C31H26F2N6O6S. The molecule has 0 aliphatic heterocycles. The number of benzene rings is 3. The molecule has 6 rings (SSSR count). The number of halogens is 2. The molecule has 6 aromatic rings. The Kier molecular flexibility index (Phi) is 8.80. The number of fused-ring (bicyclic) bond motifs is 1. The first-order chi connectivity index (χ1) is 21.8. The number of carbonyl (C=O) groups excluding carboxylic acids is 1. The van der Waals surface area contributed by atoms with Crippen molar-refractivity contribution in [3.63, 3.8) is 0 Å². The van der Waals surface area contributed by atoms with Gasteiger partial charge in [0, 0.05) is 47.7 Å². The van der Waals surface area contributed by atoms with E-state index in [1.165, 1.54) is 45.8 Å². The zero-order valence-corrected chi connectivity index (χ0v) is 25.3. The maximum Gasteiger partial charge on any atom is 0.284 e. The molecule has 46 heavy (non-hydrogen) atoms. The summed E-state index contributed by atoms with van der Waals surface area (Å²) in [7, 11) is -2.05. The van der Waals surface area contributed by atoms with Crippen molar-refractivity contribution < 1.29 is 31.3 Å². The van der Waals surface area contributed by atoms with Crippen molar-refractivity contribution in [3.05, 3.63) is 119 Å². The summed E-state index contributed by atoms with van der Waals surface area (Å²) in [6.45, 7) is 1.62. The van der Waals surface area contributed by atoms with Gasteiger partial charge in [-0.15, -0.1) is 0 Å². The Morgan fingerprint density at radius 2 is 1.74 bits per heavy atom. The summed E-state index contributed by atoms with van der Waals surface area (Å²) in [5, 5.41) is 10.3. The van der Waals surface area contributed by atoms with E-state index >= 15 is 4.39 Å². The number of hydrogen-bond acceptors (Lipinski definition) is 7. The molecule has 1 amide bonds. The van der Waals surface area contributed by atoms with E-state index in [1.807, 2.05) is 12.1 Å². The third kappa shape index (κ3) is 7.00. The van der Waals surface area contributed by atoms with Crippen LogP contribution in [0.4, 0.5) is 14.5 Å². The molecule has 3 heterocycles. The van der Waals surface area contributed by atoms with Gasteiger partial charge in [-0.25, -0.2) is 13.5 Å². The highest BCUT2D eigenvalue weighted by atomic mass is 32.2. The van der Waals surface area contributed by atoms with Crippen LogP contribution in [0.5, 0.6) is 11.5 Å². The van der Waals surface area contributed by atoms with E-state index in [0.29, 0.717) is 29.0 Å². The van der Waals surface area contributed by atoms with E-state index in [2.05, 4.69) is 20.5 Å². The molecule has 0 atom stereocenters. The number of aromatic amines is 1. The molecule has 0 aliphatic rings. The first kappa shape index (κ1) is 31.7. The van der Waals surface area contributed by atoms with Gasteiger partial charge >= 0.3 is 0 Å². The van der Waals surface area contributed by atoms with Crippen LogP contribution in [0.15, 0.2) is 90.1 Å². The molecule has 0 radical (unpaired) electrons. The average molecular weight is 649 g/mol. The molecule has 0 saturated heterocycles. The van der Waals surface area contributed by atoms with Crippen LogP contribution >= 0.6 is 0 Å². The topological polar surface area (TPSA) is 161 Å². The summed E-state index contributed by atoms with van der Waals surface area (Å²) < 4.78 is 63.3. The maximum absolute atomic E-state index is 15.2. The largest absolute Gasteiger partial charge is 0.454 e. The van der Waals surface area contributed by atoms with E-state index in [0.717, 1.165) is 22.5 Å². The number of nitrogens with zero attached hydrogens (tertiary/aromatic N) is 4. The maximum atomic E-state index is 15.2. The standard InChI is InChI=1S/C30H22F2N6O3.CH4O3S/c1-17-28(30(40)38(37(17)2)22-8-5-20(31)6-9-22)29(39)35-21-7-10-26(24(32)13-21)41-27-12-19-16-34-36-25(19)14-23(27)18-4-3-11-33-15-18;1-5(2,3)4/h3-16H,1-2H3,(H,34,36)(H,35,39);1H3,(H,2,3,4). The number of hydrogen-bond donors (Lipinski definition) is 3. The van der Waals surface area contributed by atoms with Crippen LogP contribution in [0.3, 0.4) is 0 Å². The Bertz CT molecular complexity index is 2220. The summed E-state index contributed by atoms with van der Waals surface area (Å²) in [5.74, 6) is -1.55. The molecule has 3 aromatic heterocycles. The smallest absolute Gasteiger partial charge is 0.284 e. The fraction of sp³-hybridized carbons (Fsp3) is 0.0968. The third-order valence-electron chi connectivity index (χ3n) is 6.77. The Morgan fingerprint density at radius 3 is 2.39 bits per heavy atom. The highest BCUT2D eigenvalue weighted by molar-refractivity contribution is 7.85. The summed E-state index contributed by atoms with van der Waals surface area (Å²) in [5.41, 5.74) is 2.44. The molecule has 12 nitrogen and oxygen atoms in total. The van der Waals surface area contributed by atoms with Crippen LogP contribution in [0, 0.1) is 18.6 Å². The summed E-state index contributed by atoms with van der Waals surface area (Å²) in [4.78, 5) is 30.4. The van der Waals surface area contributed by atoms with E-state index in [-0.39, 0.29) is 17.0 Å². The third-order valence-corrected chi connectivity index (χ3v) is 6.77. The van der Waals surface area contributed by atoms with Gasteiger partial charge in [0.25, 0.3) is 21.6 Å². The van der Waals surface area contributed by atoms with E-state index in [4.69, 9.17) is 9.29 Å². The first-order valence-corrected chi connectivity index (χ1v) is 15.3. The number of ether oxygens (including phenoxy) is 1. The number of carbonyl (C=O) groups is 1. The zero-order valence-electron chi connectivity index (χ0n) is 24.5. The average Bonchev–Trinajstić information content (AvgIpc) is 3.54. The first-order valence-electron chi connectivity index (χ1n) is 13.4. The lowest BCUT2D eigenvalue weighted by molar-refractivity contribution is 0.102. The highest BCUT2D eigenvalue weighted by Crippen LogP contribution is 2.37. The Hall–Kier alpha value is -5.67. The zero-order chi connectivity index (χ0) is 33.2. The van der Waals surface area contributed by atoms with Gasteiger partial charge in [-0.3, -0.25) is 28.9 Å². The van der Waals surface area contributed by atoms with Gasteiger partial charge in [0.05, 0.1) is 29.4 Å². The molecule has 15 heteroatoms. The minimum atomic E-state index is -3.67. The minimum absolute atomic E-state index is 0.0643. The van der Waals surface area contributed by atoms with Crippen LogP contribution in [-0.2, 0) is 17.2 Å². The summed E-state index contributed by atoms with van der Waals surface area (Å²) >= 11 is 0. The molecule has 0 bridgehead atoms. The molecular weight excluding hydrogens is 622 g/mol. The molecule has 0 saturated carbocycles. The Balaban J connectivity index is 0.000000775. The number of aromatic nitrogens is 5. The molecule has 3 N–H and O–H groups in total. The van der Waals surface area contributed by atoms with Crippen molar-refractivity contribution in [3.8, 4) is 28.3 Å². The molecule has 236 valence electrons. The Morgan fingerprint density at radius 1 is 1.02 bits per heavy atom. The van der Waals surface area contributed by atoms with Gasteiger partial charge in [0.2, 0.25) is 0 Å². The minimum Gasteiger partial charge on any atom is -0.454 e. The molecule has 0 fully saturated rings. The summed E-state index contributed by atoms with van der Waals surface area (Å²) in [6, 6.07) is 16.6.